The van der Waals surface area contributed by atoms with E-state index in [0.29, 0.717) is 11.8 Å². The minimum absolute atomic E-state index is 0.357. The van der Waals surface area contributed by atoms with Gasteiger partial charge in [0.25, 0.3) is 0 Å². The number of carbonyl (C=O) groups is 1. The second-order valence-electron chi connectivity index (χ2n) is 4.54. The van der Waals surface area contributed by atoms with E-state index in [1.54, 1.807) is 0 Å². The third kappa shape index (κ3) is 2.40. The van der Waals surface area contributed by atoms with Gasteiger partial charge in [0.1, 0.15) is 0 Å². The minimum Gasteiger partial charge on any atom is -0.340 e. The molecular weight excluding hydrogens is 188 g/mol. The molecule has 2 fully saturated rings. The van der Waals surface area contributed by atoms with Crippen LogP contribution in [0.4, 0.5) is 0 Å². The maximum Gasteiger partial charge on any atom is 0.225 e. The maximum atomic E-state index is 11.9. The molecule has 0 spiro atoms. The Balaban J connectivity index is 1.77. The first kappa shape index (κ1) is 10.7. The van der Waals surface area contributed by atoms with Gasteiger partial charge in [0, 0.05) is 38.6 Å². The van der Waals surface area contributed by atoms with Crippen LogP contribution < -0.4 is 0 Å². The van der Waals surface area contributed by atoms with Crippen LogP contribution in [0, 0.1) is 5.92 Å². The van der Waals surface area contributed by atoms with Gasteiger partial charge in [0.05, 0.1) is 0 Å². The van der Waals surface area contributed by atoms with Crippen molar-refractivity contribution in [2.45, 2.75) is 19.3 Å². The Labute approximate surface area is 91.7 Å². The zero-order valence-electron chi connectivity index (χ0n) is 9.32. The van der Waals surface area contributed by atoms with Gasteiger partial charge in [0.15, 0.2) is 0 Å². The summed E-state index contributed by atoms with van der Waals surface area (Å²) in [5.41, 5.74) is 0. The molecule has 1 saturated heterocycles. The first-order valence-corrected chi connectivity index (χ1v) is 5.93. The van der Waals surface area contributed by atoms with Gasteiger partial charge in [-0.15, -0.1) is 6.58 Å². The molecule has 0 bridgehead atoms. The molecule has 0 radical (unpaired) electrons. The summed E-state index contributed by atoms with van der Waals surface area (Å²) in [7, 11) is 0. The number of amides is 1. The van der Waals surface area contributed by atoms with Crippen LogP contribution >= 0.6 is 0 Å². The number of hydrogen-bond donors (Lipinski definition) is 0. The van der Waals surface area contributed by atoms with Crippen LogP contribution in [-0.2, 0) is 4.79 Å². The van der Waals surface area contributed by atoms with Crippen molar-refractivity contribution in [1.29, 1.82) is 0 Å². The lowest BCUT2D eigenvalue weighted by atomic mass is 9.84. The standard InChI is InChI=1S/C12H20N2O/c1-2-6-13-7-9-14(10-8-13)12(15)11-4-3-5-11/h2,11H,1,3-10H2. The van der Waals surface area contributed by atoms with Crippen molar-refractivity contribution in [1.82, 2.24) is 9.80 Å². The maximum absolute atomic E-state index is 11.9. The van der Waals surface area contributed by atoms with Gasteiger partial charge < -0.3 is 4.90 Å². The van der Waals surface area contributed by atoms with Gasteiger partial charge in [0.2, 0.25) is 5.91 Å². The number of nitrogens with zero attached hydrogens (tertiary/aromatic N) is 2. The van der Waals surface area contributed by atoms with E-state index in [0.717, 1.165) is 45.6 Å². The van der Waals surface area contributed by atoms with Gasteiger partial charge in [-0.2, -0.15) is 0 Å². The van der Waals surface area contributed by atoms with Crippen LogP contribution in [0.5, 0.6) is 0 Å². The van der Waals surface area contributed by atoms with Crippen LogP contribution in [0.1, 0.15) is 19.3 Å². The minimum atomic E-state index is 0.357. The molecule has 2 rings (SSSR count). The first-order chi connectivity index (χ1) is 7.31. The average molecular weight is 208 g/mol. The molecule has 0 aromatic carbocycles. The molecule has 1 amide bonds. The van der Waals surface area contributed by atoms with Crippen LogP contribution in [0.3, 0.4) is 0 Å². The quantitative estimate of drug-likeness (QED) is 0.649. The Kier molecular flexibility index (Phi) is 3.41. The van der Waals surface area contributed by atoms with Crippen molar-refractivity contribution in [3.63, 3.8) is 0 Å². The Morgan fingerprint density at radius 2 is 1.93 bits per heavy atom. The van der Waals surface area contributed by atoms with E-state index in [2.05, 4.69) is 11.5 Å². The van der Waals surface area contributed by atoms with Crippen molar-refractivity contribution in [3.8, 4) is 0 Å². The van der Waals surface area contributed by atoms with E-state index in [1.165, 1.54) is 6.42 Å². The SMILES string of the molecule is C=CCN1CCN(C(=O)C2CCC2)CC1. The molecule has 1 aliphatic carbocycles. The van der Waals surface area contributed by atoms with E-state index in [1.807, 2.05) is 11.0 Å². The van der Waals surface area contributed by atoms with Gasteiger partial charge in [-0.3, -0.25) is 9.69 Å². The molecule has 15 heavy (non-hydrogen) atoms. The summed E-state index contributed by atoms with van der Waals surface area (Å²) in [5, 5.41) is 0. The molecular formula is C12H20N2O. The lowest BCUT2D eigenvalue weighted by molar-refractivity contribution is -0.139. The first-order valence-electron chi connectivity index (χ1n) is 5.93. The van der Waals surface area contributed by atoms with Crippen LogP contribution in [0.2, 0.25) is 0 Å². The number of rotatable bonds is 3. The number of carbonyl (C=O) groups excluding carboxylic acids is 1. The highest BCUT2D eigenvalue weighted by Gasteiger charge is 2.30. The Bertz CT molecular complexity index is 240. The second kappa shape index (κ2) is 4.79. The average Bonchev–Trinajstić information content (AvgIpc) is 2.16. The molecule has 1 heterocycles. The van der Waals surface area contributed by atoms with Crippen molar-refractivity contribution in [2.24, 2.45) is 5.92 Å². The summed E-state index contributed by atoms with van der Waals surface area (Å²) in [6, 6.07) is 0. The predicted molar refractivity (Wildman–Crippen MR) is 60.6 cm³/mol. The van der Waals surface area contributed by atoms with Gasteiger partial charge >= 0.3 is 0 Å². The molecule has 2 aliphatic rings. The lowest BCUT2D eigenvalue weighted by Gasteiger charge is -2.37. The molecule has 0 aromatic rings. The van der Waals surface area contributed by atoms with Gasteiger partial charge in [-0.05, 0) is 12.8 Å². The number of piperazine rings is 1. The van der Waals surface area contributed by atoms with Crippen molar-refractivity contribution >= 4 is 5.91 Å². The highest BCUT2D eigenvalue weighted by molar-refractivity contribution is 5.79. The van der Waals surface area contributed by atoms with Gasteiger partial charge in [-0.1, -0.05) is 12.5 Å². The Morgan fingerprint density at radius 1 is 1.27 bits per heavy atom. The largest absolute Gasteiger partial charge is 0.340 e. The summed E-state index contributed by atoms with van der Waals surface area (Å²) in [4.78, 5) is 16.3. The highest BCUT2D eigenvalue weighted by atomic mass is 16.2. The lowest BCUT2D eigenvalue weighted by Crippen LogP contribution is -2.51. The van der Waals surface area contributed by atoms with Crippen LogP contribution in [0.25, 0.3) is 0 Å². The number of hydrogen-bond acceptors (Lipinski definition) is 2. The summed E-state index contributed by atoms with van der Waals surface area (Å²) in [5.74, 6) is 0.760. The van der Waals surface area contributed by atoms with E-state index < -0.39 is 0 Å². The van der Waals surface area contributed by atoms with Crippen LogP contribution in [0.15, 0.2) is 12.7 Å². The fourth-order valence-electron chi connectivity index (χ4n) is 2.25. The fraction of sp³-hybridized carbons (Fsp3) is 0.750. The molecule has 0 N–H and O–H groups in total. The molecule has 1 aliphatic heterocycles. The Morgan fingerprint density at radius 3 is 2.40 bits per heavy atom. The smallest absolute Gasteiger partial charge is 0.225 e. The van der Waals surface area contributed by atoms with Crippen molar-refractivity contribution in [3.05, 3.63) is 12.7 Å². The zero-order valence-corrected chi connectivity index (χ0v) is 9.32. The molecule has 3 heteroatoms. The highest BCUT2D eigenvalue weighted by Crippen LogP contribution is 2.28. The summed E-state index contributed by atoms with van der Waals surface area (Å²) >= 11 is 0. The molecule has 0 unspecified atom stereocenters. The van der Waals surface area contributed by atoms with Crippen molar-refractivity contribution < 1.29 is 4.79 Å². The molecule has 0 atom stereocenters. The molecule has 3 nitrogen and oxygen atoms in total. The normalized spacial score (nSPS) is 23.6. The molecule has 0 aromatic heterocycles. The van der Waals surface area contributed by atoms with E-state index in [4.69, 9.17) is 0 Å². The van der Waals surface area contributed by atoms with E-state index >= 15 is 0 Å². The monoisotopic (exact) mass is 208 g/mol. The summed E-state index contributed by atoms with van der Waals surface area (Å²) < 4.78 is 0. The predicted octanol–water partition coefficient (Wildman–Crippen LogP) is 1.12. The second-order valence-corrected chi connectivity index (χ2v) is 4.54. The van der Waals surface area contributed by atoms with Crippen LogP contribution in [-0.4, -0.2) is 48.4 Å². The Hall–Kier alpha value is -0.830. The van der Waals surface area contributed by atoms with Gasteiger partial charge in [-0.25, -0.2) is 0 Å². The summed E-state index contributed by atoms with van der Waals surface area (Å²) in [6.07, 6.45) is 5.41. The van der Waals surface area contributed by atoms with E-state index in [9.17, 15) is 4.79 Å². The fourth-order valence-corrected chi connectivity index (χ4v) is 2.25. The molecule has 84 valence electrons. The third-order valence-electron chi connectivity index (χ3n) is 3.53. The zero-order chi connectivity index (χ0) is 10.7. The van der Waals surface area contributed by atoms with Crippen molar-refractivity contribution in [2.75, 3.05) is 32.7 Å². The molecule has 1 saturated carbocycles. The van der Waals surface area contributed by atoms with E-state index in [-0.39, 0.29) is 0 Å². The summed E-state index contributed by atoms with van der Waals surface area (Å²) in [6.45, 7) is 8.51. The third-order valence-corrected chi connectivity index (χ3v) is 3.53. The topological polar surface area (TPSA) is 23.6 Å².